The molecule has 0 aliphatic carbocycles. The second-order valence-corrected chi connectivity index (χ2v) is 6.46. The summed E-state index contributed by atoms with van der Waals surface area (Å²) >= 11 is 1.21. The van der Waals surface area contributed by atoms with E-state index in [0.717, 1.165) is 4.80 Å². The topological polar surface area (TPSA) is 99.0 Å². The Kier molecular flexibility index (Phi) is 5.55. The van der Waals surface area contributed by atoms with E-state index in [1.807, 2.05) is 0 Å². The third-order valence-electron chi connectivity index (χ3n) is 3.57. The number of halogens is 1. The van der Waals surface area contributed by atoms with Gasteiger partial charge in [-0.3, -0.25) is 4.79 Å². The van der Waals surface area contributed by atoms with Crippen LogP contribution >= 0.6 is 11.3 Å². The maximum Gasteiger partial charge on any atom is 0.341 e. The van der Waals surface area contributed by atoms with Crippen LogP contribution in [0.1, 0.15) is 22.8 Å². The van der Waals surface area contributed by atoms with E-state index in [0.29, 0.717) is 21.7 Å². The summed E-state index contributed by atoms with van der Waals surface area (Å²) in [5, 5.41) is 16.6. The molecule has 0 radical (unpaired) electrons. The van der Waals surface area contributed by atoms with Crippen LogP contribution in [0.4, 0.5) is 9.39 Å². The van der Waals surface area contributed by atoms with Crippen LogP contribution in [0, 0.1) is 12.7 Å². The van der Waals surface area contributed by atoms with Crippen molar-refractivity contribution < 1.29 is 18.7 Å². The molecule has 10 heteroatoms. The lowest BCUT2D eigenvalue weighted by Crippen LogP contribution is -2.21. The number of benzene rings is 1. The molecule has 3 aromatic rings. The fraction of sp³-hybridized carbons (Fsp3) is 0.235. The largest absolute Gasteiger partial charge is 0.462 e. The molecule has 0 bridgehead atoms. The van der Waals surface area contributed by atoms with E-state index in [-0.39, 0.29) is 24.8 Å². The predicted molar refractivity (Wildman–Crippen MR) is 96.9 cm³/mol. The second-order valence-electron chi connectivity index (χ2n) is 5.54. The van der Waals surface area contributed by atoms with Gasteiger partial charge in [-0.2, -0.15) is 4.80 Å². The summed E-state index contributed by atoms with van der Waals surface area (Å²) in [4.78, 5) is 25.2. The number of carbonyl (C=O) groups excluding carboxylic acids is 2. The van der Waals surface area contributed by atoms with Crippen molar-refractivity contribution >= 4 is 28.2 Å². The molecular formula is C17H16FN5O3S. The van der Waals surface area contributed by atoms with Gasteiger partial charge in [-0.1, -0.05) is 0 Å². The monoisotopic (exact) mass is 389 g/mol. The van der Waals surface area contributed by atoms with E-state index in [1.165, 1.54) is 17.4 Å². The molecule has 0 unspecified atom stereocenters. The van der Waals surface area contributed by atoms with Crippen LogP contribution in [-0.4, -0.2) is 38.7 Å². The standard InChI is InChI=1S/C17H16FN5O3S/c1-3-26-17(25)12-6-7-27-16(12)19-14(24)9-23-21-15(20-22-23)11-4-5-13(18)10(2)8-11/h4-8H,3,9H2,1-2H3,(H,19,24). The van der Waals surface area contributed by atoms with Crippen molar-refractivity contribution in [2.24, 2.45) is 0 Å². The quantitative estimate of drug-likeness (QED) is 0.651. The minimum atomic E-state index is -0.498. The van der Waals surface area contributed by atoms with Crippen LogP contribution in [0.5, 0.6) is 0 Å². The van der Waals surface area contributed by atoms with E-state index in [1.54, 1.807) is 37.4 Å². The average molecular weight is 389 g/mol. The van der Waals surface area contributed by atoms with E-state index in [9.17, 15) is 14.0 Å². The van der Waals surface area contributed by atoms with Crippen LogP contribution in [0.15, 0.2) is 29.6 Å². The van der Waals surface area contributed by atoms with Gasteiger partial charge in [0.15, 0.2) is 0 Å². The van der Waals surface area contributed by atoms with Gasteiger partial charge in [-0.25, -0.2) is 9.18 Å². The van der Waals surface area contributed by atoms with Crippen molar-refractivity contribution in [3.05, 3.63) is 46.6 Å². The Morgan fingerprint density at radius 3 is 2.89 bits per heavy atom. The van der Waals surface area contributed by atoms with E-state index in [2.05, 4.69) is 20.7 Å². The first kappa shape index (κ1) is 18.6. The number of rotatable bonds is 6. The molecule has 27 heavy (non-hydrogen) atoms. The fourth-order valence-electron chi connectivity index (χ4n) is 2.28. The molecule has 8 nitrogen and oxygen atoms in total. The number of carbonyl (C=O) groups is 2. The van der Waals surface area contributed by atoms with Gasteiger partial charge >= 0.3 is 5.97 Å². The van der Waals surface area contributed by atoms with E-state index >= 15 is 0 Å². The van der Waals surface area contributed by atoms with Gasteiger partial charge in [0.1, 0.15) is 17.4 Å². The molecule has 0 saturated heterocycles. The lowest BCUT2D eigenvalue weighted by Gasteiger charge is -2.05. The van der Waals surface area contributed by atoms with Crippen LogP contribution in [-0.2, 0) is 16.1 Å². The van der Waals surface area contributed by atoms with Gasteiger partial charge in [-0.15, -0.1) is 21.5 Å². The Labute approximate surface area is 158 Å². The first-order chi connectivity index (χ1) is 13.0. The molecule has 0 aliphatic heterocycles. The Morgan fingerprint density at radius 2 is 2.15 bits per heavy atom. The first-order valence-corrected chi connectivity index (χ1v) is 8.94. The summed E-state index contributed by atoms with van der Waals surface area (Å²) in [7, 11) is 0. The highest BCUT2D eigenvalue weighted by molar-refractivity contribution is 7.14. The molecule has 1 aromatic carbocycles. The molecule has 0 fully saturated rings. The number of thiophene rings is 1. The molecular weight excluding hydrogens is 373 g/mol. The predicted octanol–water partition coefficient (Wildman–Crippen LogP) is 2.66. The van der Waals surface area contributed by atoms with Crippen molar-refractivity contribution in [2.75, 3.05) is 11.9 Å². The van der Waals surface area contributed by atoms with Crippen molar-refractivity contribution in [3.8, 4) is 11.4 Å². The van der Waals surface area contributed by atoms with Crippen molar-refractivity contribution in [1.82, 2.24) is 20.2 Å². The molecule has 2 heterocycles. The zero-order valence-corrected chi connectivity index (χ0v) is 15.4. The summed E-state index contributed by atoms with van der Waals surface area (Å²) in [5.41, 5.74) is 1.36. The minimum Gasteiger partial charge on any atom is -0.462 e. The van der Waals surface area contributed by atoms with Gasteiger partial charge in [-0.05, 0) is 54.3 Å². The number of nitrogens with one attached hydrogen (secondary N) is 1. The number of tetrazole rings is 1. The Morgan fingerprint density at radius 1 is 1.33 bits per heavy atom. The molecule has 0 atom stereocenters. The molecule has 0 saturated carbocycles. The molecule has 1 N–H and O–H groups in total. The van der Waals surface area contributed by atoms with Crippen molar-refractivity contribution in [3.63, 3.8) is 0 Å². The van der Waals surface area contributed by atoms with Gasteiger partial charge in [0.25, 0.3) is 0 Å². The Hall–Kier alpha value is -3.14. The fourth-order valence-corrected chi connectivity index (χ4v) is 3.07. The number of amides is 1. The molecule has 0 spiro atoms. The lowest BCUT2D eigenvalue weighted by atomic mass is 10.1. The number of anilines is 1. The smallest absolute Gasteiger partial charge is 0.341 e. The summed E-state index contributed by atoms with van der Waals surface area (Å²) < 4.78 is 18.3. The van der Waals surface area contributed by atoms with E-state index < -0.39 is 11.9 Å². The zero-order chi connectivity index (χ0) is 19.4. The first-order valence-electron chi connectivity index (χ1n) is 8.06. The van der Waals surface area contributed by atoms with Gasteiger partial charge in [0, 0.05) is 5.56 Å². The van der Waals surface area contributed by atoms with Gasteiger partial charge in [0.2, 0.25) is 11.7 Å². The van der Waals surface area contributed by atoms with Gasteiger partial charge in [0.05, 0.1) is 12.2 Å². The van der Waals surface area contributed by atoms with Crippen molar-refractivity contribution in [2.45, 2.75) is 20.4 Å². The number of aromatic nitrogens is 4. The number of hydrogen-bond donors (Lipinski definition) is 1. The van der Waals surface area contributed by atoms with Crippen LogP contribution in [0.2, 0.25) is 0 Å². The SMILES string of the molecule is CCOC(=O)c1ccsc1NC(=O)Cn1nnc(-c2ccc(F)c(C)c2)n1. The Bertz CT molecular complexity index is 985. The van der Waals surface area contributed by atoms with Crippen LogP contribution < -0.4 is 5.32 Å². The lowest BCUT2D eigenvalue weighted by molar-refractivity contribution is -0.117. The number of nitrogens with zero attached hydrogens (tertiary/aromatic N) is 4. The Balaban J connectivity index is 1.67. The summed E-state index contributed by atoms with van der Waals surface area (Å²) in [5.74, 6) is -0.947. The molecule has 2 aromatic heterocycles. The average Bonchev–Trinajstić information content (AvgIpc) is 3.27. The molecule has 140 valence electrons. The van der Waals surface area contributed by atoms with Crippen LogP contribution in [0.3, 0.4) is 0 Å². The normalized spacial score (nSPS) is 10.6. The summed E-state index contributed by atoms with van der Waals surface area (Å²) in [6.45, 7) is 3.40. The third-order valence-corrected chi connectivity index (χ3v) is 4.40. The van der Waals surface area contributed by atoms with E-state index in [4.69, 9.17) is 4.74 Å². The maximum atomic E-state index is 13.4. The maximum absolute atomic E-state index is 13.4. The van der Waals surface area contributed by atoms with Crippen LogP contribution in [0.25, 0.3) is 11.4 Å². The van der Waals surface area contributed by atoms with Crippen molar-refractivity contribution in [1.29, 1.82) is 0 Å². The molecule has 1 amide bonds. The zero-order valence-electron chi connectivity index (χ0n) is 14.6. The minimum absolute atomic E-state index is 0.187. The highest BCUT2D eigenvalue weighted by Crippen LogP contribution is 2.24. The highest BCUT2D eigenvalue weighted by Gasteiger charge is 2.17. The number of aryl methyl sites for hydroxylation is 1. The summed E-state index contributed by atoms with van der Waals surface area (Å²) in [6.07, 6.45) is 0. The number of hydrogen-bond acceptors (Lipinski definition) is 7. The second kappa shape index (κ2) is 8.04. The van der Waals surface area contributed by atoms with Gasteiger partial charge < -0.3 is 10.1 Å². The highest BCUT2D eigenvalue weighted by atomic mass is 32.1. The number of esters is 1. The third kappa shape index (κ3) is 4.34. The molecule has 3 rings (SSSR count). The molecule has 0 aliphatic rings. The summed E-state index contributed by atoms with van der Waals surface area (Å²) in [6, 6.07) is 6.06. The number of ether oxygens (including phenoxy) is 1.